The van der Waals surface area contributed by atoms with Crippen LogP contribution >= 0.6 is 0 Å². The molecule has 4 heteroatoms. The molecule has 2 rings (SSSR count). The van der Waals surface area contributed by atoms with Gasteiger partial charge in [-0.15, -0.1) is 0 Å². The van der Waals surface area contributed by atoms with Gasteiger partial charge >= 0.3 is 0 Å². The maximum Gasteiger partial charge on any atom is 0.126 e. The number of nitrogens with one attached hydrogen (secondary N) is 1. The standard InChI is InChI=1S/C14H23N3O/c1-15-14-8-5-6-12(16-14)10-17(2)11-13-7-3-4-9-18-13/h5-6,8,13H,3-4,7,9-11H2,1-2H3,(H,15,16). The number of hydrogen-bond donors (Lipinski definition) is 1. The van der Waals surface area contributed by atoms with Crippen molar-refractivity contribution in [3.8, 4) is 0 Å². The van der Waals surface area contributed by atoms with Gasteiger partial charge in [0.05, 0.1) is 11.8 Å². The molecule has 0 spiro atoms. The lowest BCUT2D eigenvalue weighted by Gasteiger charge is -2.27. The van der Waals surface area contributed by atoms with Crippen molar-refractivity contribution in [3.05, 3.63) is 23.9 Å². The number of ether oxygens (including phenoxy) is 1. The second kappa shape index (κ2) is 6.71. The van der Waals surface area contributed by atoms with E-state index in [-0.39, 0.29) is 0 Å². The van der Waals surface area contributed by atoms with E-state index in [2.05, 4.69) is 28.3 Å². The molecule has 1 aromatic heterocycles. The molecule has 4 nitrogen and oxygen atoms in total. The van der Waals surface area contributed by atoms with E-state index in [1.165, 1.54) is 19.3 Å². The third-order valence-electron chi connectivity index (χ3n) is 3.28. The van der Waals surface area contributed by atoms with Crippen LogP contribution in [0.15, 0.2) is 18.2 Å². The molecule has 18 heavy (non-hydrogen) atoms. The van der Waals surface area contributed by atoms with Gasteiger partial charge in [-0.25, -0.2) is 4.98 Å². The van der Waals surface area contributed by atoms with Gasteiger partial charge in [0.1, 0.15) is 5.82 Å². The van der Waals surface area contributed by atoms with E-state index in [1.807, 2.05) is 19.2 Å². The monoisotopic (exact) mass is 249 g/mol. The first-order chi connectivity index (χ1) is 8.78. The summed E-state index contributed by atoms with van der Waals surface area (Å²) in [5, 5.41) is 3.07. The van der Waals surface area contributed by atoms with E-state index in [4.69, 9.17) is 4.74 Å². The zero-order chi connectivity index (χ0) is 12.8. The Bertz CT molecular complexity index is 364. The molecule has 1 aliphatic heterocycles. The van der Waals surface area contributed by atoms with Gasteiger partial charge in [0.25, 0.3) is 0 Å². The summed E-state index contributed by atoms with van der Waals surface area (Å²) in [7, 11) is 4.03. The number of likely N-dealkylation sites (N-methyl/N-ethyl adjacent to an activating group) is 1. The van der Waals surface area contributed by atoms with Crippen LogP contribution in [0, 0.1) is 0 Å². The first-order valence-electron chi connectivity index (χ1n) is 6.72. The van der Waals surface area contributed by atoms with Crippen LogP contribution in [0.5, 0.6) is 0 Å². The molecule has 1 fully saturated rings. The van der Waals surface area contributed by atoms with Crippen molar-refractivity contribution in [3.63, 3.8) is 0 Å². The van der Waals surface area contributed by atoms with Gasteiger partial charge in [0.2, 0.25) is 0 Å². The highest BCUT2D eigenvalue weighted by molar-refractivity contribution is 5.34. The number of nitrogens with zero attached hydrogens (tertiary/aromatic N) is 2. The summed E-state index contributed by atoms with van der Waals surface area (Å²) in [5.74, 6) is 0.926. The van der Waals surface area contributed by atoms with Crippen molar-refractivity contribution in [1.29, 1.82) is 0 Å². The molecular formula is C14H23N3O. The molecule has 100 valence electrons. The van der Waals surface area contributed by atoms with Crippen LogP contribution in [-0.4, -0.2) is 43.2 Å². The third kappa shape index (κ3) is 3.96. The SMILES string of the molecule is CNc1cccc(CN(C)CC2CCCCO2)n1. The van der Waals surface area contributed by atoms with E-state index < -0.39 is 0 Å². The Morgan fingerprint density at radius 3 is 3.06 bits per heavy atom. The summed E-state index contributed by atoms with van der Waals surface area (Å²) in [6.07, 6.45) is 4.10. The van der Waals surface area contributed by atoms with Gasteiger partial charge in [-0.3, -0.25) is 4.90 Å². The smallest absolute Gasteiger partial charge is 0.126 e. The normalized spacial score (nSPS) is 20.1. The topological polar surface area (TPSA) is 37.4 Å². The largest absolute Gasteiger partial charge is 0.377 e. The van der Waals surface area contributed by atoms with Gasteiger partial charge in [0, 0.05) is 26.7 Å². The zero-order valence-corrected chi connectivity index (χ0v) is 11.4. The van der Waals surface area contributed by atoms with Crippen LogP contribution in [0.3, 0.4) is 0 Å². The van der Waals surface area contributed by atoms with Gasteiger partial charge in [-0.1, -0.05) is 6.07 Å². The number of rotatable bonds is 5. The first-order valence-corrected chi connectivity index (χ1v) is 6.72. The third-order valence-corrected chi connectivity index (χ3v) is 3.28. The maximum absolute atomic E-state index is 5.76. The summed E-state index contributed by atoms with van der Waals surface area (Å²) in [4.78, 5) is 6.82. The molecule has 0 bridgehead atoms. The van der Waals surface area contributed by atoms with Crippen LogP contribution in [0.4, 0.5) is 5.82 Å². The summed E-state index contributed by atoms with van der Waals surface area (Å²) in [6, 6.07) is 6.09. The minimum Gasteiger partial charge on any atom is -0.377 e. The van der Waals surface area contributed by atoms with Gasteiger partial charge < -0.3 is 10.1 Å². The average molecular weight is 249 g/mol. The fourth-order valence-corrected chi connectivity index (χ4v) is 2.35. The Hall–Kier alpha value is -1.13. The van der Waals surface area contributed by atoms with Gasteiger partial charge in [-0.05, 0) is 38.4 Å². The number of hydrogen-bond acceptors (Lipinski definition) is 4. The highest BCUT2D eigenvalue weighted by Gasteiger charge is 2.16. The van der Waals surface area contributed by atoms with E-state index >= 15 is 0 Å². The van der Waals surface area contributed by atoms with Crippen molar-refractivity contribution in [2.24, 2.45) is 0 Å². The molecule has 1 atom stereocenters. The molecule has 0 amide bonds. The van der Waals surface area contributed by atoms with Crippen molar-refractivity contribution >= 4 is 5.82 Å². The molecule has 0 aliphatic carbocycles. The Morgan fingerprint density at radius 2 is 2.33 bits per heavy atom. The zero-order valence-electron chi connectivity index (χ0n) is 11.4. The fraction of sp³-hybridized carbons (Fsp3) is 0.643. The first kappa shape index (κ1) is 13.3. The minimum absolute atomic E-state index is 0.399. The molecule has 1 aromatic rings. The maximum atomic E-state index is 5.76. The summed E-state index contributed by atoms with van der Waals surface area (Å²) in [6.45, 7) is 2.78. The fourth-order valence-electron chi connectivity index (χ4n) is 2.35. The van der Waals surface area contributed by atoms with Crippen LogP contribution in [-0.2, 0) is 11.3 Å². The Kier molecular flexibility index (Phi) is 4.96. The van der Waals surface area contributed by atoms with Crippen molar-refractivity contribution < 1.29 is 4.74 Å². The molecule has 1 N–H and O–H groups in total. The predicted molar refractivity (Wildman–Crippen MR) is 73.7 cm³/mol. The lowest BCUT2D eigenvalue weighted by molar-refractivity contribution is -0.00273. The molecule has 0 saturated carbocycles. The number of anilines is 1. The molecule has 0 aromatic carbocycles. The van der Waals surface area contributed by atoms with Crippen LogP contribution in [0.2, 0.25) is 0 Å². The lowest BCUT2D eigenvalue weighted by atomic mass is 10.1. The number of pyridine rings is 1. The summed E-state index contributed by atoms with van der Waals surface area (Å²) >= 11 is 0. The predicted octanol–water partition coefficient (Wildman–Crippen LogP) is 2.12. The molecule has 1 unspecified atom stereocenters. The average Bonchev–Trinajstić information content (AvgIpc) is 2.40. The molecular weight excluding hydrogens is 226 g/mol. The minimum atomic E-state index is 0.399. The molecule has 1 saturated heterocycles. The van der Waals surface area contributed by atoms with Crippen LogP contribution in [0.1, 0.15) is 25.0 Å². The van der Waals surface area contributed by atoms with Crippen molar-refractivity contribution in [1.82, 2.24) is 9.88 Å². The summed E-state index contributed by atoms with van der Waals surface area (Å²) < 4.78 is 5.76. The van der Waals surface area contributed by atoms with Gasteiger partial charge in [-0.2, -0.15) is 0 Å². The lowest BCUT2D eigenvalue weighted by Crippen LogP contribution is -2.33. The Labute approximate surface area is 109 Å². The second-order valence-corrected chi connectivity index (χ2v) is 4.95. The van der Waals surface area contributed by atoms with Gasteiger partial charge in [0.15, 0.2) is 0 Å². The van der Waals surface area contributed by atoms with Crippen LogP contribution in [0.25, 0.3) is 0 Å². The highest BCUT2D eigenvalue weighted by Crippen LogP contribution is 2.14. The number of aromatic nitrogens is 1. The quantitative estimate of drug-likeness (QED) is 0.867. The summed E-state index contributed by atoms with van der Waals surface area (Å²) in [5.41, 5.74) is 1.10. The van der Waals surface area contributed by atoms with E-state index in [9.17, 15) is 0 Å². The highest BCUT2D eigenvalue weighted by atomic mass is 16.5. The second-order valence-electron chi connectivity index (χ2n) is 4.95. The van der Waals surface area contributed by atoms with Crippen molar-refractivity contribution in [2.45, 2.75) is 31.9 Å². The Morgan fingerprint density at radius 1 is 1.44 bits per heavy atom. The molecule has 1 aliphatic rings. The van der Waals surface area contributed by atoms with E-state index in [0.717, 1.165) is 31.2 Å². The molecule has 2 heterocycles. The Balaban J connectivity index is 1.83. The van der Waals surface area contributed by atoms with Crippen molar-refractivity contribution in [2.75, 3.05) is 32.6 Å². The van der Waals surface area contributed by atoms with E-state index in [1.54, 1.807) is 0 Å². The van der Waals surface area contributed by atoms with Crippen LogP contribution < -0.4 is 5.32 Å². The van der Waals surface area contributed by atoms with E-state index in [0.29, 0.717) is 6.10 Å². The molecule has 0 radical (unpaired) electrons.